The molecule has 1 aliphatic heterocycles. The summed E-state index contributed by atoms with van der Waals surface area (Å²) < 4.78 is 0. The maximum atomic E-state index is 13.0. The number of phenolic OH excluding ortho intramolecular Hbond substituents is 2. The molecule has 1 atom stereocenters. The van der Waals surface area contributed by atoms with Crippen molar-refractivity contribution in [2.24, 2.45) is 11.7 Å². The highest BCUT2D eigenvalue weighted by Gasteiger charge is 2.42. The molecule has 29 heavy (non-hydrogen) atoms. The molecule has 3 aliphatic rings. The molecular weight excluding hydrogens is 372 g/mol. The van der Waals surface area contributed by atoms with Crippen molar-refractivity contribution in [3.05, 3.63) is 57.6 Å². The first-order valence-corrected chi connectivity index (χ1v) is 9.71. The maximum Gasteiger partial charge on any atom is 0.226 e. The fourth-order valence-corrected chi connectivity index (χ4v) is 4.84. The molecule has 0 bridgehead atoms. The zero-order valence-corrected chi connectivity index (χ0v) is 15.6. The molecule has 1 heterocycles. The van der Waals surface area contributed by atoms with Crippen molar-refractivity contribution in [3.8, 4) is 11.5 Å². The number of amides is 1. The van der Waals surface area contributed by atoms with Crippen LogP contribution in [0, 0.1) is 5.92 Å². The molecule has 2 aromatic carbocycles. The van der Waals surface area contributed by atoms with Gasteiger partial charge in [-0.2, -0.15) is 0 Å². The van der Waals surface area contributed by atoms with Gasteiger partial charge in [0.2, 0.25) is 5.91 Å². The summed E-state index contributed by atoms with van der Waals surface area (Å²) in [5.74, 6) is -2.12. The van der Waals surface area contributed by atoms with Gasteiger partial charge in [-0.05, 0) is 19.3 Å². The summed E-state index contributed by atoms with van der Waals surface area (Å²) in [5.41, 5.74) is 6.74. The molecular formula is C22H20N2O5. The minimum Gasteiger partial charge on any atom is -0.507 e. The predicted molar refractivity (Wildman–Crippen MR) is 103 cm³/mol. The van der Waals surface area contributed by atoms with Crippen LogP contribution >= 0.6 is 0 Å². The third kappa shape index (κ3) is 2.43. The number of phenols is 2. The smallest absolute Gasteiger partial charge is 0.226 e. The van der Waals surface area contributed by atoms with E-state index in [1.807, 2.05) is 0 Å². The Morgan fingerprint density at radius 3 is 1.93 bits per heavy atom. The molecule has 5 rings (SSSR count). The first kappa shape index (κ1) is 17.9. The van der Waals surface area contributed by atoms with Crippen molar-refractivity contribution in [1.29, 1.82) is 0 Å². The van der Waals surface area contributed by atoms with Gasteiger partial charge in [0, 0.05) is 47.3 Å². The van der Waals surface area contributed by atoms with E-state index in [-0.39, 0.29) is 58.5 Å². The molecule has 4 N–H and O–H groups in total. The minimum atomic E-state index is -0.494. The van der Waals surface area contributed by atoms with E-state index in [4.69, 9.17) is 5.73 Å². The summed E-state index contributed by atoms with van der Waals surface area (Å²) in [6, 6.07) is 6.32. The Balaban J connectivity index is 1.58. The monoisotopic (exact) mass is 392 g/mol. The quantitative estimate of drug-likeness (QED) is 0.534. The Bertz CT molecular complexity index is 1040. The molecule has 0 radical (unpaired) electrons. The number of likely N-dealkylation sites (tertiary alicyclic amines) is 1. The molecule has 1 fully saturated rings. The van der Waals surface area contributed by atoms with Crippen LogP contribution in [-0.4, -0.2) is 51.7 Å². The lowest BCUT2D eigenvalue weighted by Gasteiger charge is -2.21. The Morgan fingerprint density at radius 1 is 0.966 bits per heavy atom. The van der Waals surface area contributed by atoms with Crippen molar-refractivity contribution in [1.82, 2.24) is 4.90 Å². The van der Waals surface area contributed by atoms with Gasteiger partial charge in [-0.3, -0.25) is 14.4 Å². The first-order valence-electron chi connectivity index (χ1n) is 9.71. The molecule has 1 amide bonds. The van der Waals surface area contributed by atoms with Crippen molar-refractivity contribution in [3.63, 3.8) is 0 Å². The van der Waals surface area contributed by atoms with Crippen LogP contribution in [0.5, 0.6) is 11.5 Å². The van der Waals surface area contributed by atoms with Crippen LogP contribution in [0.1, 0.15) is 49.4 Å². The van der Waals surface area contributed by atoms with Crippen LogP contribution in [-0.2, 0) is 17.6 Å². The Labute approximate surface area is 166 Å². The summed E-state index contributed by atoms with van der Waals surface area (Å²) >= 11 is 0. The van der Waals surface area contributed by atoms with Gasteiger partial charge >= 0.3 is 0 Å². The SMILES string of the molecule is N[C@@H]1CCN(C(=O)C2Cc3c(O)c4c(c(O)c3C2)C(=O)c2ccccc2C4=O)C1. The molecule has 1 saturated heterocycles. The summed E-state index contributed by atoms with van der Waals surface area (Å²) in [6.45, 7) is 1.08. The molecule has 2 aliphatic carbocycles. The minimum absolute atomic E-state index is 0.0365. The van der Waals surface area contributed by atoms with E-state index in [0.29, 0.717) is 24.2 Å². The lowest BCUT2D eigenvalue weighted by atomic mass is 9.81. The van der Waals surface area contributed by atoms with Crippen LogP contribution in [0.2, 0.25) is 0 Å². The Kier molecular flexibility index (Phi) is 3.79. The largest absolute Gasteiger partial charge is 0.507 e. The van der Waals surface area contributed by atoms with Gasteiger partial charge in [0.15, 0.2) is 11.6 Å². The van der Waals surface area contributed by atoms with E-state index >= 15 is 0 Å². The average molecular weight is 392 g/mol. The highest BCUT2D eigenvalue weighted by atomic mass is 16.3. The van der Waals surface area contributed by atoms with Crippen LogP contribution in [0.3, 0.4) is 0 Å². The summed E-state index contributed by atoms with van der Waals surface area (Å²) in [7, 11) is 0. The number of aromatic hydroxyl groups is 2. The number of rotatable bonds is 1. The number of nitrogens with zero attached hydrogens (tertiary/aromatic N) is 1. The summed E-state index contributed by atoms with van der Waals surface area (Å²) in [4.78, 5) is 40.5. The van der Waals surface area contributed by atoms with E-state index < -0.39 is 17.5 Å². The second-order valence-electron chi connectivity index (χ2n) is 8.05. The number of benzene rings is 2. The highest BCUT2D eigenvalue weighted by Crippen LogP contribution is 2.47. The van der Waals surface area contributed by atoms with Crippen molar-refractivity contribution in [2.75, 3.05) is 13.1 Å². The second kappa shape index (κ2) is 6.15. The van der Waals surface area contributed by atoms with Gasteiger partial charge in [0.05, 0.1) is 11.1 Å². The molecule has 0 aromatic heterocycles. The standard InChI is InChI=1S/C22H20N2O5/c23-11-5-6-24(9-11)22(29)10-7-14-15(8-10)21(28)17-16(20(14)27)18(25)12-3-1-2-4-13(12)19(17)26/h1-4,10-11,27-28H,5-9,23H2/t11-/m1/s1. The Morgan fingerprint density at radius 2 is 1.48 bits per heavy atom. The third-order valence-corrected chi connectivity index (χ3v) is 6.32. The number of hydrogen-bond acceptors (Lipinski definition) is 6. The van der Waals surface area contributed by atoms with Crippen molar-refractivity contribution in [2.45, 2.75) is 25.3 Å². The molecule has 2 aromatic rings. The zero-order chi connectivity index (χ0) is 20.4. The van der Waals surface area contributed by atoms with E-state index in [2.05, 4.69) is 0 Å². The van der Waals surface area contributed by atoms with Gasteiger partial charge in [-0.25, -0.2) is 0 Å². The molecule has 7 heteroatoms. The van der Waals surface area contributed by atoms with Crippen molar-refractivity contribution < 1.29 is 24.6 Å². The van der Waals surface area contributed by atoms with Crippen LogP contribution < -0.4 is 5.73 Å². The van der Waals surface area contributed by atoms with E-state index in [1.165, 1.54) is 12.1 Å². The Hall–Kier alpha value is -3.19. The highest BCUT2D eigenvalue weighted by molar-refractivity contribution is 6.30. The van der Waals surface area contributed by atoms with Gasteiger partial charge in [-0.1, -0.05) is 24.3 Å². The van der Waals surface area contributed by atoms with Crippen LogP contribution in [0.4, 0.5) is 0 Å². The number of hydrogen-bond donors (Lipinski definition) is 3. The molecule has 148 valence electrons. The normalized spacial score (nSPS) is 20.6. The fourth-order valence-electron chi connectivity index (χ4n) is 4.84. The van der Waals surface area contributed by atoms with Gasteiger partial charge in [-0.15, -0.1) is 0 Å². The van der Waals surface area contributed by atoms with Gasteiger partial charge in [0.25, 0.3) is 0 Å². The fraction of sp³-hybridized carbons (Fsp3) is 0.318. The number of nitrogens with two attached hydrogens (primary N) is 1. The lowest BCUT2D eigenvalue weighted by Crippen LogP contribution is -2.36. The number of carbonyl (C=O) groups is 3. The van der Waals surface area contributed by atoms with E-state index in [9.17, 15) is 24.6 Å². The first-order chi connectivity index (χ1) is 13.9. The molecule has 0 saturated carbocycles. The molecule has 0 unspecified atom stereocenters. The maximum absolute atomic E-state index is 13.0. The lowest BCUT2D eigenvalue weighted by molar-refractivity contribution is -0.134. The number of carbonyl (C=O) groups excluding carboxylic acids is 3. The molecule has 0 spiro atoms. The summed E-state index contributed by atoms with van der Waals surface area (Å²) in [6.07, 6.45) is 1.18. The summed E-state index contributed by atoms with van der Waals surface area (Å²) in [5, 5.41) is 21.7. The zero-order valence-electron chi connectivity index (χ0n) is 15.6. The topological polar surface area (TPSA) is 121 Å². The number of ketones is 2. The van der Waals surface area contributed by atoms with Gasteiger partial charge < -0.3 is 20.8 Å². The average Bonchev–Trinajstić information content (AvgIpc) is 3.35. The predicted octanol–water partition coefficient (Wildman–Crippen LogP) is 1.15. The van der Waals surface area contributed by atoms with Crippen LogP contribution in [0.25, 0.3) is 0 Å². The molecule has 7 nitrogen and oxygen atoms in total. The van der Waals surface area contributed by atoms with Crippen molar-refractivity contribution >= 4 is 17.5 Å². The second-order valence-corrected chi connectivity index (χ2v) is 8.05. The number of fused-ring (bicyclic) bond motifs is 3. The van der Waals surface area contributed by atoms with E-state index in [1.54, 1.807) is 17.0 Å². The third-order valence-electron chi connectivity index (χ3n) is 6.32. The van der Waals surface area contributed by atoms with E-state index in [0.717, 1.165) is 6.42 Å². The van der Waals surface area contributed by atoms with Crippen LogP contribution in [0.15, 0.2) is 24.3 Å². The van der Waals surface area contributed by atoms with Gasteiger partial charge in [0.1, 0.15) is 11.5 Å².